The molecule has 3 aromatic rings. The van der Waals surface area contributed by atoms with E-state index in [1.807, 2.05) is 41.1 Å². The molecule has 29 heavy (non-hydrogen) atoms. The molecule has 1 aromatic carbocycles. The lowest BCUT2D eigenvalue weighted by atomic mass is 10.1. The Morgan fingerprint density at radius 2 is 2.03 bits per heavy atom. The first-order chi connectivity index (χ1) is 14.2. The van der Waals surface area contributed by atoms with Crippen molar-refractivity contribution in [3.8, 4) is 11.9 Å². The third-order valence-corrected chi connectivity index (χ3v) is 4.84. The van der Waals surface area contributed by atoms with Gasteiger partial charge in [-0.05, 0) is 30.5 Å². The van der Waals surface area contributed by atoms with Gasteiger partial charge in [-0.15, -0.1) is 0 Å². The van der Waals surface area contributed by atoms with E-state index in [9.17, 15) is 4.79 Å². The predicted octanol–water partition coefficient (Wildman–Crippen LogP) is 2.28. The molecule has 0 bridgehead atoms. The maximum atomic E-state index is 12.9. The van der Waals surface area contributed by atoms with Crippen molar-refractivity contribution in [1.29, 1.82) is 5.26 Å². The number of hydrogen-bond acceptors (Lipinski definition) is 6. The SMILES string of the molecule is N#Cc1nccnc1O[C@@H]1CCCN(C(=O)c2ccc(Cn3ccnc3)cc2)C1. The van der Waals surface area contributed by atoms with E-state index in [1.165, 1.54) is 12.4 Å². The highest BCUT2D eigenvalue weighted by Crippen LogP contribution is 2.20. The summed E-state index contributed by atoms with van der Waals surface area (Å²) in [6, 6.07) is 9.62. The minimum absolute atomic E-state index is 0.0212. The number of piperidine rings is 1. The molecule has 2 aromatic heterocycles. The van der Waals surface area contributed by atoms with Crippen LogP contribution in [0.5, 0.6) is 5.88 Å². The van der Waals surface area contributed by atoms with E-state index < -0.39 is 0 Å². The molecule has 8 nitrogen and oxygen atoms in total. The van der Waals surface area contributed by atoms with Crippen LogP contribution in [0, 0.1) is 11.3 Å². The van der Waals surface area contributed by atoms with Crippen LogP contribution in [0.4, 0.5) is 0 Å². The normalized spacial score (nSPS) is 16.2. The van der Waals surface area contributed by atoms with Gasteiger partial charge in [0.2, 0.25) is 5.69 Å². The van der Waals surface area contributed by atoms with Gasteiger partial charge < -0.3 is 14.2 Å². The van der Waals surface area contributed by atoms with Gasteiger partial charge in [0.1, 0.15) is 12.2 Å². The highest BCUT2D eigenvalue weighted by Gasteiger charge is 2.26. The van der Waals surface area contributed by atoms with Gasteiger partial charge in [0.25, 0.3) is 11.8 Å². The topological polar surface area (TPSA) is 96.9 Å². The van der Waals surface area contributed by atoms with Crippen LogP contribution in [0.25, 0.3) is 0 Å². The molecule has 0 spiro atoms. The number of benzene rings is 1. The largest absolute Gasteiger partial charge is 0.470 e. The number of ether oxygens (including phenoxy) is 1. The Balaban J connectivity index is 1.40. The molecule has 1 amide bonds. The summed E-state index contributed by atoms with van der Waals surface area (Å²) < 4.78 is 7.85. The number of amides is 1. The molecule has 0 radical (unpaired) electrons. The fourth-order valence-electron chi connectivity index (χ4n) is 3.39. The summed E-state index contributed by atoms with van der Waals surface area (Å²) >= 11 is 0. The number of aromatic nitrogens is 4. The molecule has 1 aliphatic rings. The zero-order valence-corrected chi connectivity index (χ0v) is 15.8. The maximum absolute atomic E-state index is 12.9. The first-order valence-corrected chi connectivity index (χ1v) is 9.44. The van der Waals surface area contributed by atoms with Crippen LogP contribution in [0.1, 0.15) is 34.5 Å². The van der Waals surface area contributed by atoms with Crippen LogP contribution in [0.15, 0.2) is 55.4 Å². The minimum atomic E-state index is -0.211. The van der Waals surface area contributed by atoms with Crippen molar-refractivity contribution < 1.29 is 9.53 Å². The quantitative estimate of drug-likeness (QED) is 0.665. The second-order valence-corrected chi connectivity index (χ2v) is 6.89. The number of nitriles is 1. The molecule has 0 N–H and O–H groups in total. The average Bonchev–Trinajstić information content (AvgIpc) is 3.27. The van der Waals surface area contributed by atoms with Crippen LogP contribution in [0.2, 0.25) is 0 Å². The summed E-state index contributed by atoms with van der Waals surface area (Å²) in [7, 11) is 0. The summed E-state index contributed by atoms with van der Waals surface area (Å²) in [6.07, 6.45) is 9.78. The van der Waals surface area contributed by atoms with Crippen molar-refractivity contribution >= 4 is 5.91 Å². The van der Waals surface area contributed by atoms with Gasteiger partial charge in [0, 0.05) is 43.4 Å². The number of carbonyl (C=O) groups is 1. The highest BCUT2D eigenvalue weighted by atomic mass is 16.5. The average molecular weight is 388 g/mol. The first kappa shape index (κ1) is 18.6. The van der Waals surface area contributed by atoms with Gasteiger partial charge >= 0.3 is 0 Å². The van der Waals surface area contributed by atoms with E-state index in [0.29, 0.717) is 25.2 Å². The van der Waals surface area contributed by atoms with Crippen LogP contribution in [-0.4, -0.2) is 49.5 Å². The van der Waals surface area contributed by atoms with Crippen LogP contribution < -0.4 is 4.74 Å². The zero-order valence-electron chi connectivity index (χ0n) is 15.8. The second-order valence-electron chi connectivity index (χ2n) is 6.89. The summed E-state index contributed by atoms with van der Waals surface area (Å²) in [4.78, 5) is 26.8. The molecule has 1 saturated heterocycles. The summed E-state index contributed by atoms with van der Waals surface area (Å²) in [5.74, 6) is 0.199. The Kier molecular flexibility index (Phi) is 5.47. The highest BCUT2D eigenvalue weighted by molar-refractivity contribution is 5.94. The fraction of sp³-hybridized carbons (Fsp3) is 0.286. The molecule has 0 saturated carbocycles. The minimum Gasteiger partial charge on any atom is -0.470 e. The summed E-state index contributed by atoms with van der Waals surface area (Å²) in [6.45, 7) is 1.85. The molecule has 8 heteroatoms. The van der Waals surface area contributed by atoms with Crippen molar-refractivity contribution in [2.45, 2.75) is 25.5 Å². The Hall–Kier alpha value is -3.73. The van der Waals surface area contributed by atoms with Gasteiger partial charge in [-0.3, -0.25) is 4.79 Å². The number of hydrogen-bond donors (Lipinski definition) is 0. The molecular weight excluding hydrogens is 368 g/mol. The first-order valence-electron chi connectivity index (χ1n) is 9.44. The van der Waals surface area contributed by atoms with Gasteiger partial charge in [-0.1, -0.05) is 12.1 Å². The van der Waals surface area contributed by atoms with E-state index in [1.54, 1.807) is 17.4 Å². The van der Waals surface area contributed by atoms with Crippen molar-refractivity contribution in [3.63, 3.8) is 0 Å². The van der Waals surface area contributed by atoms with E-state index in [2.05, 4.69) is 15.0 Å². The van der Waals surface area contributed by atoms with Crippen LogP contribution in [-0.2, 0) is 6.54 Å². The summed E-state index contributed by atoms with van der Waals surface area (Å²) in [5, 5.41) is 9.14. The number of nitrogens with zero attached hydrogens (tertiary/aromatic N) is 6. The molecule has 0 aliphatic carbocycles. The molecule has 3 heterocycles. The Morgan fingerprint density at radius 1 is 1.21 bits per heavy atom. The van der Waals surface area contributed by atoms with E-state index in [4.69, 9.17) is 10.00 Å². The lowest BCUT2D eigenvalue weighted by Gasteiger charge is -2.32. The molecular formula is C21H20N6O2. The van der Waals surface area contributed by atoms with Gasteiger partial charge in [-0.2, -0.15) is 5.26 Å². The van der Waals surface area contributed by atoms with Crippen LogP contribution in [0.3, 0.4) is 0 Å². The number of rotatable bonds is 5. The third-order valence-electron chi connectivity index (χ3n) is 4.84. The fourth-order valence-corrected chi connectivity index (χ4v) is 3.39. The van der Waals surface area contributed by atoms with Crippen molar-refractivity contribution in [3.05, 3.63) is 72.2 Å². The maximum Gasteiger partial charge on any atom is 0.253 e. The number of imidazole rings is 1. The van der Waals surface area contributed by atoms with E-state index >= 15 is 0 Å². The zero-order chi connectivity index (χ0) is 20.1. The Morgan fingerprint density at radius 3 is 2.79 bits per heavy atom. The van der Waals surface area contributed by atoms with Gasteiger partial charge in [-0.25, -0.2) is 15.0 Å². The molecule has 1 fully saturated rings. The van der Waals surface area contributed by atoms with Gasteiger partial charge in [0.05, 0.1) is 12.9 Å². The van der Waals surface area contributed by atoms with Crippen LogP contribution >= 0.6 is 0 Å². The Bertz CT molecular complexity index is 1010. The van der Waals surface area contributed by atoms with E-state index in [-0.39, 0.29) is 23.6 Å². The smallest absolute Gasteiger partial charge is 0.253 e. The monoisotopic (exact) mass is 388 g/mol. The summed E-state index contributed by atoms with van der Waals surface area (Å²) in [5.41, 5.74) is 1.91. The second kappa shape index (κ2) is 8.52. The molecule has 0 unspecified atom stereocenters. The number of likely N-dealkylation sites (tertiary alicyclic amines) is 1. The third kappa shape index (κ3) is 4.41. The lowest BCUT2D eigenvalue weighted by molar-refractivity contribution is 0.0526. The molecule has 1 aliphatic heterocycles. The molecule has 1 atom stereocenters. The van der Waals surface area contributed by atoms with Crippen molar-refractivity contribution in [2.75, 3.05) is 13.1 Å². The standard InChI is InChI=1S/C21H20N6O2/c22-12-19-20(25-8-7-24-19)29-18-2-1-10-27(14-18)21(28)17-5-3-16(4-6-17)13-26-11-9-23-15-26/h3-9,11,15,18H,1-2,10,13-14H2/t18-/m1/s1. The lowest BCUT2D eigenvalue weighted by Crippen LogP contribution is -2.44. The molecule has 4 rings (SSSR count). The molecule has 146 valence electrons. The van der Waals surface area contributed by atoms with Crippen molar-refractivity contribution in [2.24, 2.45) is 0 Å². The Labute approximate surface area is 168 Å². The van der Waals surface area contributed by atoms with E-state index in [0.717, 1.165) is 18.4 Å². The number of carbonyl (C=O) groups excluding carboxylic acids is 1. The van der Waals surface area contributed by atoms with Crippen molar-refractivity contribution in [1.82, 2.24) is 24.4 Å². The predicted molar refractivity (Wildman–Crippen MR) is 104 cm³/mol. The van der Waals surface area contributed by atoms with Gasteiger partial charge in [0.15, 0.2) is 0 Å².